The normalized spacial score (nSPS) is 18.6. The highest BCUT2D eigenvalue weighted by Crippen LogP contribution is 2.31. The monoisotopic (exact) mass is 620 g/mol. The molecule has 0 spiro atoms. The summed E-state index contributed by atoms with van der Waals surface area (Å²) in [5, 5.41) is 14.6. The molecule has 4 rings (SSSR count). The van der Waals surface area contributed by atoms with Gasteiger partial charge in [0.1, 0.15) is 12.1 Å². The fourth-order valence-corrected chi connectivity index (χ4v) is 6.20. The quantitative estimate of drug-likeness (QED) is 0.329. The molecule has 3 atom stereocenters. The van der Waals surface area contributed by atoms with E-state index in [2.05, 4.69) is 39.9 Å². The van der Waals surface area contributed by atoms with Gasteiger partial charge in [-0.3, -0.25) is 19.2 Å². The van der Waals surface area contributed by atoms with E-state index in [0.29, 0.717) is 43.8 Å². The maximum Gasteiger partial charge on any atom is 0.303 e. The second-order valence-electron chi connectivity index (χ2n) is 12.2. The molecule has 3 amide bonds. The van der Waals surface area contributed by atoms with E-state index in [4.69, 9.17) is 9.84 Å². The molecule has 3 N–H and O–H groups in total. The van der Waals surface area contributed by atoms with Gasteiger partial charge in [0.2, 0.25) is 11.8 Å². The Morgan fingerprint density at radius 2 is 2.02 bits per heavy atom. The number of carbonyl (C=O) groups is 4. The summed E-state index contributed by atoms with van der Waals surface area (Å²) >= 11 is 1.66. The van der Waals surface area contributed by atoms with Gasteiger partial charge in [-0.15, -0.1) is 11.3 Å². The molecule has 1 aromatic heterocycles. The average molecular weight is 621 g/mol. The van der Waals surface area contributed by atoms with E-state index in [9.17, 15) is 19.2 Å². The number of aromatic nitrogens is 1. The molecule has 234 valence electrons. The number of nitrogens with zero attached hydrogens (tertiary/aromatic N) is 2. The van der Waals surface area contributed by atoms with E-state index in [1.807, 2.05) is 39.3 Å². The van der Waals surface area contributed by atoms with Gasteiger partial charge in [-0.05, 0) is 61.8 Å². The van der Waals surface area contributed by atoms with Gasteiger partial charge in [0.05, 0.1) is 11.2 Å². The van der Waals surface area contributed by atoms with E-state index in [0.717, 1.165) is 17.7 Å². The van der Waals surface area contributed by atoms with Crippen molar-refractivity contribution in [1.82, 2.24) is 20.5 Å². The molecule has 0 bridgehead atoms. The van der Waals surface area contributed by atoms with Gasteiger partial charge in [-0.25, -0.2) is 4.98 Å². The number of likely N-dealkylation sites (tertiary alicyclic amines) is 1. The molecule has 0 radical (unpaired) electrons. The summed E-state index contributed by atoms with van der Waals surface area (Å²) in [7, 11) is 0. The van der Waals surface area contributed by atoms with Crippen molar-refractivity contribution in [1.29, 1.82) is 0 Å². The number of aliphatic carboxylic acids is 1. The molecule has 11 heteroatoms. The fourth-order valence-electron chi connectivity index (χ4n) is 5.30. The first-order chi connectivity index (χ1) is 20.9. The van der Waals surface area contributed by atoms with Gasteiger partial charge < -0.3 is 25.4 Å². The predicted octanol–water partition coefficient (Wildman–Crippen LogP) is 3.76. The van der Waals surface area contributed by atoms with Crippen molar-refractivity contribution in [2.24, 2.45) is 5.41 Å². The zero-order valence-corrected chi connectivity index (χ0v) is 26.5. The molecule has 1 aliphatic carbocycles. The number of rotatable bonds is 12. The number of hydrogen-bond acceptors (Lipinski definition) is 7. The van der Waals surface area contributed by atoms with Crippen molar-refractivity contribution in [3.63, 3.8) is 0 Å². The number of hydrogen-bond donors (Lipinski definition) is 3. The van der Waals surface area contributed by atoms with Gasteiger partial charge in [-0.2, -0.15) is 0 Å². The van der Waals surface area contributed by atoms with Crippen LogP contribution < -0.4 is 15.4 Å². The van der Waals surface area contributed by atoms with Crippen LogP contribution in [0.2, 0.25) is 0 Å². The Labute approximate surface area is 262 Å². The highest BCUT2D eigenvalue weighted by Gasteiger charge is 2.41. The van der Waals surface area contributed by atoms with Crippen molar-refractivity contribution < 1.29 is 29.0 Å². The molecule has 1 saturated heterocycles. The minimum Gasteiger partial charge on any atom is -0.481 e. The second-order valence-corrected chi connectivity index (χ2v) is 13.1. The van der Waals surface area contributed by atoms with Gasteiger partial charge in [0.25, 0.3) is 5.91 Å². The Morgan fingerprint density at radius 1 is 1.23 bits per heavy atom. The van der Waals surface area contributed by atoms with Crippen LogP contribution in [0, 0.1) is 24.5 Å². The lowest BCUT2D eigenvalue weighted by atomic mass is 9.85. The maximum atomic E-state index is 13.8. The Morgan fingerprint density at radius 3 is 2.64 bits per heavy atom. The first kappa shape index (κ1) is 32.7. The van der Waals surface area contributed by atoms with E-state index >= 15 is 0 Å². The van der Waals surface area contributed by atoms with Crippen LogP contribution >= 0.6 is 11.3 Å². The molecular formula is C33H40N4O6S. The number of aryl methyl sites for hydroxylation is 2. The van der Waals surface area contributed by atoms with E-state index in [-0.39, 0.29) is 30.6 Å². The highest BCUT2D eigenvalue weighted by atomic mass is 32.1. The third kappa shape index (κ3) is 8.69. The van der Waals surface area contributed by atoms with Gasteiger partial charge in [0.15, 0.2) is 12.4 Å². The lowest BCUT2D eigenvalue weighted by Gasteiger charge is -2.35. The minimum atomic E-state index is -0.898. The Bertz CT molecular complexity index is 1410. The lowest BCUT2D eigenvalue weighted by molar-refractivity contribution is -0.144. The van der Waals surface area contributed by atoms with E-state index in [1.54, 1.807) is 28.4 Å². The molecule has 44 heavy (non-hydrogen) atoms. The largest absolute Gasteiger partial charge is 0.481 e. The number of amides is 3. The van der Waals surface area contributed by atoms with Crippen LogP contribution in [-0.4, -0.2) is 70.5 Å². The van der Waals surface area contributed by atoms with Crippen LogP contribution in [0.5, 0.6) is 5.75 Å². The fraction of sp³-hybridized carbons (Fsp3) is 0.485. The molecule has 2 unspecified atom stereocenters. The predicted molar refractivity (Wildman–Crippen MR) is 166 cm³/mol. The van der Waals surface area contributed by atoms with Crippen LogP contribution in [-0.2, 0) is 25.6 Å². The summed E-state index contributed by atoms with van der Waals surface area (Å²) in [5.41, 5.74) is 4.00. The number of carboxylic acid groups (broad SMARTS) is 1. The molecule has 1 aromatic carbocycles. The number of carboxylic acids is 1. The molecular weight excluding hydrogens is 580 g/mol. The second kappa shape index (κ2) is 14.5. The molecule has 1 aliphatic heterocycles. The molecule has 0 saturated carbocycles. The van der Waals surface area contributed by atoms with Crippen molar-refractivity contribution in [2.75, 3.05) is 19.7 Å². The topological polar surface area (TPSA) is 138 Å². The number of carbonyl (C=O) groups excluding carboxylic acids is 3. The first-order valence-corrected chi connectivity index (χ1v) is 15.7. The smallest absolute Gasteiger partial charge is 0.303 e. The van der Waals surface area contributed by atoms with Gasteiger partial charge in [-0.1, -0.05) is 45.1 Å². The SMILES string of the molecule is Cc1ncsc1C1C=CC(CNC(=O)[C@@H]2CCCN2C(=O)C(NC(=O)COc2c#cc(CCC(=O)O)cc2)C(C)(C)C)=CC1. The zero-order chi connectivity index (χ0) is 31.9. The highest BCUT2D eigenvalue weighted by molar-refractivity contribution is 7.09. The van der Waals surface area contributed by atoms with Crippen LogP contribution in [0.15, 0.2) is 41.4 Å². The van der Waals surface area contributed by atoms with Crippen LogP contribution in [0.25, 0.3) is 0 Å². The number of allylic oxidation sites excluding steroid dienone is 2. The lowest BCUT2D eigenvalue weighted by Crippen LogP contribution is -2.58. The zero-order valence-electron chi connectivity index (χ0n) is 25.6. The Balaban J connectivity index is 1.29. The van der Waals surface area contributed by atoms with Gasteiger partial charge >= 0.3 is 5.97 Å². The molecule has 2 aliphatic rings. The average Bonchev–Trinajstić information content (AvgIpc) is 3.66. The molecule has 10 nitrogen and oxygen atoms in total. The van der Waals surface area contributed by atoms with Crippen molar-refractivity contribution in [3.05, 3.63) is 69.7 Å². The Kier molecular flexibility index (Phi) is 10.8. The summed E-state index contributed by atoms with van der Waals surface area (Å²) in [6, 6.07) is 7.42. The summed E-state index contributed by atoms with van der Waals surface area (Å²) in [5.74, 6) is -1.30. The van der Waals surface area contributed by atoms with Crippen LogP contribution in [0.4, 0.5) is 0 Å². The minimum absolute atomic E-state index is 0.0150. The third-order valence-corrected chi connectivity index (χ3v) is 8.83. The van der Waals surface area contributed by atoms with Crippen LogP contribution in [0.1, 0.15) is 68.5 Å². The molecule has 1 fully saturated rings. The summed E-state index contributed by atoms with van der Waals surface area (Å²) in [6.45, 7) is 8.09. The Hall–Kier alpha value is -4.17. The van der Waals surface area contributed by atoms with Crippen LogP contribution in [0.3, 0.4) is 0 Å². The number of nitrogens with one attached hydrogen (secondary N) is 2. The summed E-state index contributed by atoms with van der Waals surface area (Å²) in [4.78, 5) is 57.8. The maximum absolute atomic E-state index is 13.8. The summed E-state index contributed by atoms with van der Waals surface area (Å²) < 4.78 is 5.53. The summed E-state index contributed by atoms with van der Waals surface area (Å²) in [6.07, 6.45) is 8.75. The number of ether oxygens (including phenoxy) is 1. The van der Waals surface area contributed by atoms with Gasteiger partial charge in [0, 0.05) is 35.9 Å². The van der Waals surface area contributed by atoms with Crippen molar-refractivity contribution >= 4 is 35.0 Å². The van der Waals surface area contributed by atoms with E-state index < -0.39 is 29.4 Å². The third-order valence-electron chi connectivity index (χ3n) is 7.77. The molecule has 2 heterocycles. The number of thiazole rings is 1. The standard InChI is InChI=1S/C33H40N4O6S/c1-21-29(44-20-35-21)24-12-7-23(8-13-24)18-34-31(41)26-6-5-17-37(26)32(42)30(33(2,3)4)36-27(38)19-43-25-14-9-22(10-15-25)11-16-28(39)40/h7-9,12,14,20,24,26,30H,5-6,11,13,16-19H2,1-4H3,(H,34,41)(H,36,38)(H,39,40)/t24?,26-,30?/m0/s1. The van der Waals surface area contributed by atoms with Crippen molar-refractivity contribution in [2.45, 2.75) is 77.8 Å². The van der Waals surface area contributed by atoms with E-state index in [1.165, 1.54) is 4.88 Å². The molecule has 2 aromatic rings. The van der Waals surface area contributed by atoms with Crippen molar-refractivity contribution in [3.8, 4) is 5.75 Å². The first-order valence-electron chi connectivity index (χ1n) is 14.8.